The second kappa shape index (κ2) is 6.29. The summed E-state index contributed by atoms with van der Waals surface area (Å²) in [6.45, 7) is 8.39. The van der Waals surface area contributed by atoms with Gasteiger partial charge in [0.2, 0.25) is 0 Å². The van der Waals surface area contributed by atoms with Crippen molar-refractivity contribution in [3.8, 4) is 0 Å². The van der Waals surface area contributed by atoms with Crippen LogP contribution in [0, 0.1) is 0 Å². The molecule has 0 spiro atoms. The molecular formula is C13H24N4O. The van der Waals surface area contributed by atoms with Crippen molar-refractivity contribution in [3.63, 3.8) is 0 Å². The monoisotopic (exact) mass is 252 g/mol. The van der Waals surface area contributed by atoms with Gasteiger partial charge in [0.1, 0.15) is 12.2 Å². The molecule has 1 aliphatic heterocycles. The van der Waals surface area contributed by atoms with Gasteiger partial charge in [0.05, 0.1) is 6.61 Å². The molecule has 1 aromatic rings. The molecule has 0 aliphatic carbocycles. The van der Waals surface area contributed by atoms with Crippen LogP contribution in [0.3, 0.4) is 0 Å². The summed E-state index contributed by atoms with van der Waals surface area (Å²) in [7, 11) is 1.73. The zero-order chi connectivity index (χ0) is 13.0. The summed E-state index contributed by atoms with van der Waals surface area (Å²) in [4.78, 5) is 2.53. The van der Waals surface area contributed by atoms with E-state index >= 15 is 0 Å². The Hall–Kier alpha value is -0.940. The zero-order valence-corrected chi connectivity index (χ0v) is 11.7. The molecule has 1 aliphatic rings. The maximum Gasteiger partial charge on any atom is 0.137 e. The first-order chi connectivity index (χ1) is 8.72. The predicted octanol–water partition coefficient (Wildman–Crippen LogP) is 1.51. The van der Waals surface area contributed by atoms with Crippen molar-refractivity contribution in [2.24, 2.45) is 0 Å². The molecule has 2 heterocycles. The maximum atomic E-state index is 5.13. The topological polar surface area (TPSA) is 43.2 Å². The van der Waals surface area contributed by atoms with Crippen LogP contribution in [0.4, 0.5) is 0 Å². The van der Waals surface area contributed by atoms with Crippen LogP contribution in [0.2, 0.25) is 0 Å². The van der Waals surface area contributed by atoms with Crippen LogP contribution >= 0.6 is 0 Å². The first kappa shape index (κ1) is 13.5. The Morgan fingerprint density at radius 1 is 1.50 bits per heavy atom. The SMILES string of the molecule is COCCn1cnnc1[C@@H]1CCCN(C(C)C)C1. The first-order valence-electron chi connectivity index (χ1n) is 6.83. The lowest BCUT2D eigenvalue weighted by Crippen LogP contribution is -2.39. The van der Waals surface area contributed by atoms with Crippen LogP contribution in [0.5, 0.6) is 0 Å². The lowest BCUT2D eigenvalue weighted by molar-refractivity contribution is 0.159. The third kappa shape index (κ3) is 3.09. The number of likely N-dealkylation sites (tertiary alicyclic amines) is 1. The van der Waals surface area contributed by atoms with Crippen molar-refractivity contribution in [1.82, 2.24) is 19.7 Å². The summed E-state index contributed by atoms with van der Waals surface area (Å²) in [6.07, 6.45) is 4.29. The Labute approximate surface area is 109 Å². The summed E-state index contributed by atoms with van der Waals surface area (Å²) in [5.41, 5.74) is 0. The van der Waals surface area contributed by atoms with Crippen molar-refractivity contribution < 1.29 is 4.74 Å². The van der Waals surface area contributed by atoms with Gasteiger partial charge in [0, 0.05) is 32.2 Å². The van der Waals surface area contributed by atoms with Crippen LogP contribution < -0.4 is 0 Å². The molecule has 0 bridgehead atoms. The van der Waals surface area contributed by atoms with Gasteiger partial charge in [0.25, 0.3) is 0 Å². The summed E-state index contributed by atoms with van der Waals surface area (Å²) in [6, 6.07) is 0.614. The van der Waals surface area contributed by atoms with Crippen LogP contribution in [0.15, 0.2) is 6.33 Å². The highest BCUT2D eigenvalue weighted by Crippen LogP contribution is 2.26. The smallest absolute Gasteiger partial charge is 0.137 e. The van der Waals surface area contributed by atoms with Gasteiger partial charge in [-0.2, -0.15) is 0 Å². The Bertz CT molecular complexity index is 364. The van der Waals surface area contributed by atoms with E-state index in [9.17, 15) is 0 Å². The standard InChI is InChI=1S/C13H24N4O/c1-11(2)16-6-4-5-12(9-16)13-15-14-10-17(13)7-8-18-3/h10-12H,4-9H2,1-3H3/t12-/m1/s1. The van der Waals surface area contributed by atoms with E-state index < -0.39 is 0 Å². The molecule has 1 atom stereocenters. The molecule has 1 fully saturated rings. The molecule has 0 N–H and O–H groups in total. The largest absolute Gasteiger partial charge is 0.383 e. The van der Waals surface area contributed by atoms with E-state index in [1.807, 2.05) is 6.33 Å². The highest BCUT2D eigenvalue weighted by atomic mass is 16.5. The number of piperidine rings is 1. The minimum Gasteiger partial charge on any atom is -0.383 e. The Kier molecular flexibility index (Phi) is 4.72. The van der Waals surface area contributed by atoms with E-state index in [0.717, 1.165) is 18.9 Å². The molecule has 0 radical (unpaired) electrons. The average molecular weight is 252 g/mol. The van der Waals surface area contributed by atoms with E-state index in [0.29, 0.717) is 18.6 Å². The van der Waals surface area contributed by atoms with E-state index in [2.05, 4.69) is 33.5 Å². The van der Waals surface area contributed by atoms with Crippen molar-refractivity contribution >= 4 is 0 Å². The molecule has 0 unspecified atom stereocenters. The minimum absolute atomic E-state index is 0.514. The van der Waals surface area contributed by atoms with Gasteiger partial charge in [-0.15, -0.1) is 10.2 Å². The summed E-state index contributed by atoms with van der Waals surface area (Å²) >= 11 is 0. The highest BCUT2D eigenvalue weighted by molar-refractivity contribution is 5.00. The molecular weight excluding hydrogens is 228 g/mol. The number of hydrogen-bond acceptors (Lipinski definition) is 4. The molecule has 2 rings (SSSR count). The molecule has 0 aromatic carbocycles. The number of aromatic nitrogens is 3. The second-order valence-electron chi connectivity index (χ2n) is 5.30. The van der Waals surface area contributed by atoms with E-state index in [4.69, 9.17) is 4.74 Å². The molecule has 5 heteroatoms. The molecule has 102 valence electrons. The minimum atomic E-state index is 0.514. The Morgan fingerprint density at radius 2 is 2.33 bits per heavy atom. The van der Waals surface area contributed by atoms with Gasteiger partial charge < -0.3 is 14.2 Å². The van der Waals surface area contributed by atoms with E-state index in [1.54, 1.807) is 7.11 Å². The van der Waals surface area contributed by atoms with Crippen molar-refractivity contribution in [3.05, 3.63) is 12.2 Å². The van der Waals surface area contributed by atoms with Gasteiger partial charge in [-0.05, 0) is 33.2 Å². The van der Waals surface area contributed by atoms with Gasteiger partial charge >= 0.3 is 0 Å². The zero-order valence-electron chi connectivity index (χ0n) is 11.7. The van der Waals surface area contributed by atoms with Gasteiger partial charge in [-0.1, -0.05) is 0 Å². The number of rotatable bonds is 5. The summed E-state index contributed by atoms with van der Waals surface area (Å²) in [5.74, 6) is 1.64. The fourth-order valence-corrected chi connectivity index (χ4v) is 2.63. The molecule has 5 nitrogen and oxygen atoms in total. The molecule has 1 saturated heterocycles. The number of hydrogen-bond donors (Lipinski definition) is 0. The Morgan fingerprint density at radius 3 is 3.06 bits per heavy atom. The quantitative estimate of drug-likeness (QED) is 0.797. The second-order valence-corrected chi connectivity index (χ2v) is 5.30. The normalized spacial score (nSPS) is 21.7. The number of nitrogens with zero attached hydrogens (tertiary/aromatic N) is 4. The number of ether oxygens (including phenoxy) is 1. The van der Waals surface area contributed by atoms with Crippen molar-refractivity contribution in [1.29, 1.82) is 0 Å². The molecule has 18 heavy (non-hydrogen) atoms. The lowest BCUT2D eigenvalue weighted by Gasteiger charge is -2.35. The molecule has 1 aromatic heterocycles. The van der Waals surface area contributed by atoms with E-state index in [1.165, 1.54) is 19.4 Å². The lowest BCUT2D eigenvalue weighted by atomic mass is 9.96. The molecule has 0 amide bonds. The summed E-state index contributed by atoms with van der Waals surface area (Å²) < 4.78 is 7.27. The van der Waals surface area contributed by atoms with Gasteiger partial charge in [-0.3, -0.25) is 0 Å². The predicted molar refractivity (Wildman–Crippen MR) is 70.6 cm³/mol. The van der Waals surface area contributed by atoms with Crippen molar-refractivity contribution in [2.45, 2.75) is 45.2 Å². The van der Waals surface area contributed by atoms with E-state index in [-0.39, 0.29) is 0 Å². The fraction of sp³-hybridized carbons (Fsp3) is 0.846. The van der Waals surface area contributed by atoms with Gasteiger partial charge in [-0.25, -0.2) is 0 Å². The third-order valence-electron chi connectivity index (χ3n) is 3.73. The summed E-state index contributed by atoms with van der Waals surface area (Å²) in [5, 5.41) is 8.38. The van der Waals surface area contributed by atoms with Crippen LogP contribution in [-0.4, -0.2) is 52.5 Å². The maximum absolute atomic E-state index is 5.13. The van der Waals surface area contributed by atoms with Crippen LogP contribution in [0.1, 0.15) is 38.4 Å². The Balaban J connectivity index is 2.04. The third-order valence-corrected chi connectivity index (χ3v) is 3.73. The van der Waals surface area contributed by atoms with Gasteiger partial charge in [0.15, 0.2) is 0 Å². The highest BCUT2D eigenvalue weighted by Gasteiger charge is 2.26. The van der Waals surface area contributed by atoms with Crippen LogP contribution in [-0.2, 0) is 11.3 Å². The van der Waals surface area contributed by atoms with Crippen molar-refractivity contribution in [2.75, 3.05) is 26.8 Å². The fourth-order valence-electron chi connectivity index (χ4n) is 2.63. The molecule has 0 saturated carbocycles. The van der Waals surface area contributed by atoms with Crippen LogP contribution in [0.25, 0.3) is 0 Å². The number of methoxy groups -OCH3 is 1. The average Bonchev–Trinajstić information content (AvgIpc) is 2.84. The first-order valence-corrected chi connectivity index (χ1v) is 6.83.